The molecule has 186 valence electrons. The van der Waals surface area contributed by atoms with Gasteiger partial charge in [0.05, 0.1) is 26.9 Å². The molecule has 0 saturated carbocycles. The van der Waals surface area contributed by atoms with Crippen molar-refractivity contribution in [1.82, 2.24) is 0 Å². The molecule has 31 heavy (non-hydrogen) atoms. The van der Waals surface area contributed by atoms with Crippen LogP contribution in [-0.4, -0.2) is 56.0 Å². The van der Waals surface area contributed by atoms with Crippen LogP contribution in [0.5, 0.6) is 0 Å². The summed E-state index contributed by atoms with van der Waals surface area (Å²) in [6.07, 6.45) is 13.4. The molecule has 0 amide bonds. The molecule has 0 aromatic heterocycles. The number of phosphoric ester groups is 1. The molecule has 0 aliphatic heterocycles. The molecule has 2 atom stereocenters. The zero-order chi connectivity index (χ0) is 23.2. The Kier molecular flexibility index (Phi) is 21.5. The standard InChI is InChI=1S/C21H42BrO8P/c1-3-4-5-6-7-8-9-10-11-12-13-14-16-27-18-20(30-21(23)26-2)19-29-31(24,25)28-17-15-22/h20H,3-19H2,1-2H3,(H,24,25). The molecule has 0 aliphatic rings. The van der Waals surface area contributed by atoms with Gasteiger partial charge in [0.1, 0.15) is 0 Å². The lowest BCUT2D eigenvalue weighted by atomic mass is 10.1. The smallest absolute Gasteiger partial charge is 0.438 e. The molecule has 0 spiro atoms. The maximum absolute atomic E-state index is 11.7. The summed E-state index contributed by atoms with van der Waals surface area (Å²) >= 11 is 3.09. The second-order valence-electron chi connectivity index (χ2n) is 7.44. The van der Waals surface area contributed by atoms with E-state index in [4.69, 9.17) is 18.5 Å². The summed E-state index contributed by atoms with van der Waals surface area (Å²) < 4.78 is 36.3. The molecule has 0 aliphatic carbocycles. The van der Waals surface area contributed by atoms with Crippen molar-refractivity contribution in [3.63, 3.8) is 0 Å². The second-order valence-corrected chi connectivity index (χ2v) is 9.69. The minimum Gasteiger partial charge on any atom is -0.438 e. The first-order valence-corrected chi connectivity index (χ1v) is 14.1. The summed E-state index contributed by atoms with van der Waals surface area (Å²) in [5.74, 6) is 0. The largest absolute Gasteiger partial charge is 0.508 e. The fourth-order valence-electron chi connectivity index (χ4n) is 2.92. The van der Waals surface area contributed by atoms with E-state index in [0.29, 0.717) is 11.9 Å². The predicted octanol–water partition coefficient (Wildman–Crippen LogP) is 6.38. The van der Waals surface area contributed by atoms with Gasteiger partial charge < -0.3 is 19.1 Å². The van der Waals surface area contributed by atoms with Gasteiger partial charge in [0.15, 0.2) is 6.10 Å². The summed E-state index contributed by atoms with van der Waals surface area (Å²) in [6, 6.07) is 0. The molecular weight excluding hydrogens is 491 g/mol. The van der Waals surface area contributed by atoms with Crippen LogP contribution in [0.15, 0.2) is 0 Å². The topological polar surface area (TPSA) is 101 Å². The minimum absolute atomic E-state index is 0.0196. The number of alkyl halides is 1. The van der Waals surface area contributed by atoms with Crippen LogP contribution in [0.3, 0.4) is 0 Å². The van der Waals surface area contributed by atoms with E-state index in [2.05, 4.69) is 27.6 Å². The van der Waals surface area contributed by atoms with Gasteiger partial charge in [-0.25, -0.2) is 9.36 Å². The van der Waals surface area contributed by atoms with E-state index in [1.165, 1.54) is 71.3 Å². The summed E-state index contributed by atoms with van der Waals surface area (Å²) in [4.78, 5) is 20.9. The van der Waals surface area contributed by atoms with Crippen molar-refractivity contribution in [2.75, 3.05) is 38.9 Å². The van der Waals surface area contributed by atoms with Crippen molar-refractivity contribution in [1.29, 1.82) is 0 Å². The first-order chi connectivity index (χ1) is 14.9. The number of carbonyl (C=O) groups is 1. The van der Waals surface area contributed by atoms with E-state index in [-0.39, 0.29) is 19.8 Å². The molecule has 0 rings (SSSR count). The highest BCUT2D eigenvalue weighted by Crippen LogP contribution is 2.43. The van der Waals surface area contributed by atoms with Crippen molar-refractivity contribution in [3.8, 4) is 0 Å². The van der Waals surface area contributed by atoms with Crippen LogP contribution in [-0.2, 0) is 27.8 Å². The molecule has 0 radical (unpaired) electrons. The van der Waals surface area contributed by atoms with Crippen LogP contribution in [0.2, 0.25) is 0 Å². The van der Waals surface area contributed by atoms with Crippen LogP contribution in [0.4, 0.5) is 4.79 Å². The molecule has 8 nitrogen and oxygen atoms in total. The Bertz CT molecular complexity index is 467. The first kappa shape index (κ1) is 30.8. The molecule has 0 aromatic rings. The Hall–Kier alpha value is -0.180. The third-order valence-corrected chi connectivity index (χ3v) is 5.94. The lowest BCUT2D eigenvalue weighted by Crippen LogP contribution is -2.28. The van der Waals surface area contributed by atoms with Crippen molar-refractivity contribution >= 4 is 29.9 Å². The zero-order valence-corrected chi connectivity index (χ0v) is 21.7. The number of unbranched alkanes of at least 4 members (excludes halogenated alkanes) is 11. The third-order valence-electron chi connectivity index (χ3n) is 4.63. The number of phosphoric acid groups is 1. The van der Waals surface area contributed by atoms with Crippen LogP contribution in [0.25, 0.3) is 0 Å². The van der Waals surface area contributed by atoms with Crippen molar-refractivity contribution < 1.29 is 37.5 Å². The molecule has 1 N–H and O–H groups in total. The highest BCUT2D eigenvalue weighted by molar-refractivity contribution is 9.09. The van der Waals surface area contributed by atoms with Crippen molar-refractivity contribution in [3.05, 3.63) is 0 Å². The molecule has 0 saturated heterocycles. The number of methoxy groups -OCH3 is 1. The quantitative estimate of drug-likeness (QED) is 0.0740. The fraction of sp³-hybridized carbons (Fsp3) is 0.952. The van der Waals surface area contributed by atoms with E-state index in [9.17, 15) is 14.3 Å². The summed E-state index contributed by atoms with van der Waals surface area (Å²) in [5.41, 5.74) is 0. The molecule has 0 bridgehead atoms. The van der Waals surface area contributed by atoms with E-state index >= 15 is 0 Å². The number of halogens is 1. The molecule has 0 aromatic carbocycles. The molecule has 0 fully saturated rings. The monoisotopic (exact) mass is 532 g/mol. The van der Waals surface area contributed by atoms with Gasteiger partial charge in [-0.05, 0) is 6.42 Å². The number of hydrogen-bond donors (Lipinski definition) is 1. The maximum Gasteiger partial charge on any atom is 0.508 e. The van der Waals surface area contributed by atoms with Crippen molar-refractivity contribution in [2.24, 2.45) is 0 Å². The summed E-state index contributed by atoms with van der Waals surface area (Å²) in [6.45, 7) is 2.50. The third kappa shape index (κ3) is 21.4. The van der Waals surface area contributed by atoms with Crippen LogP contribution < -0.4 is 0 Å². The van der Waals surface area contributed by atoms with E-state index in [0.717, 1.165) is 12.8 Å². The van der Waals surface area contributed by atoms with E-state index in [1.54, 1.807) is 0 Å². The van der Waals surface area contributed by atoms with Gasteiger partial charge in [-0.2, -0.15) is 0 Å². The maximum atomic E-state index is 11.7. The Balaban J connectivity index is 3.80. The molecular formula is C21H42BrO8P. The number of ether oxygens (including phenoxy) is 3. The van der Waals surface area contributed by atoms with Crippen molar-refractivity contribution in [2.45, 2.75) is 90.1 Å². The van der Waals surface area contributed by atoms with Gasteiger partial charge in [-0.3, -0.25) is 9.05 Å². The Morgan fingerprint density at radius 1 is 0.871 bits per heavy atom. The SMILES string of the molecule is CCCCCCCCCCCCCCOCC(COP(=O)(O)OCCBr)OC(=O)OC. The lowest BCUT2D eigenvalue weighted by Gasteiger charge is -2.19. The Morgan fingerprint density at radius 3 is 1.94 bits per heavy atom. The number of carbonyl (C=O) groups excluding carboxylic acids is 1. The fourth-order valence-corrected chi connectivity index (χ4v) is 4.09. The van der Waals surface area contributed by atoms with Gasteiger partial charge in [0.2, 0.25) is 0 Å². The predicted molar refractivity (Wildman–Crippen MR) is 125 cm³/mol. The van der Waals surface area contributed by atoms with Crippen LogP contribution in [0, 0.1) is 0 Å². The number of hydrogen-bond acceptors (Lipinski definition) is 7. The van der Waals surface area contributed by atoms with Gasteiger partial charge in [-0.1, -0.05) is 93.5 Å². The van der Waals surface area contributed by atoms with Gasteiger partial charge in [0.25, 0.3) is 0 Å². The molecule has 0 heterocycles. The second kappa shape index (κ2) is 21.7. The Morgan fingerprint density at radius 2 is 1.42 bits per heavy atom. The van der Waals surface area contributed by atoms with Crippen LogP contribution >= 0.6 is 23.8 Å². The summed E-state index contributed by atoms with van der Waals surface area (Å²) in [7, 11) is -3.02. The summed E-state index contributed by atoms with van der Waals surface area (Å²) in [5, 5.41) is 0.394. The van der Waals surface area contributed by atoms with Gasteiger partial charge >= 0.3 is 14.0 Å². The Labute approximate surface area is 196 Å². The zero-order valence-electron chi connectivity index (χ0n) is 19.2. The van der Waals surface area contributed by atoms with Gasteiger partial charge in [0, 0.05) is 11.9 Å². The average Bonchev–Trinajstić information content (AvgIpc) is 2.76. The minimum atomic E-state index is -4.21. The molecule has 10 heteroatoms. The first-order valence-electron chi connectivity index (χ1n) is 11.4. The van der Waals surface area contributed by atoms with Gasteiger partial charge in [-0.15, -0.1) is 0 Å². The number of rotatable bonds is 22. The molecule has 2 unspecified atom stereocenters. The normalized spacial score (nSPS) is 14.2. The highest BCUT2D eigenvalue weighted by atomic mass is 79.9. The lowest BCUT2D eigenvalue weighted by molar-refractivity contribution is -0.0319. The van der Waals surface area contributed by atoms with E-state index in [1.807, 2.05) is 0 Å². The van der Waals surface area contributed by atoms with Crippen LogP contribution in [0.1, 0.15) is 84.0 Å². The van der Waals surface area contributed by atoms with E-state index < -0.39 is 20.1 Å². The highest BCUT2D eigenvalue weighted by Gasteiger charge is 2.25. The average molecular weight is 533 g/mol.